The standard InChI is InChI=1S/C22H20ClNO3S2/c1-3-5-16-10-15(12-19-21(25)24-22(28)29-19)11-18(26-4-2)20(16)27-13-14-6-8-17(23)9-7-14/h3,6-12H,1,4-5,13H2,2H3,(H,24,25,28)/b19-12+. The number of hydrogen-bond acceptors (Lipinski definition) is 5. The van der Waals surface area contributed by atoms with E-state index in [1.54, 1.807) is 6.08 Å². The number of carbonyl (C=O) groups is 1. The number of halogens is 1. The van der Waals surface area contributed by atoms with Gasteiger partial charge in [0.15, 0.2) is 11.5 Å². The predicted octanol–water partition coefficient (Wildman–Crippen LogP) is 5.54. The first-order valence-electron chi connectivity index (χ1n) is 9.03. The van der Waals surface area contributed by atoms with E-state index in [2.05, 4.69) is 11.9 Å². The summed E-state index contributed by atoms with van der Waals surface area (Å²) in [5, 5.41) is 3.31. The Morgan fingerprint density at radius 3 is 2.62 bits per heavy atom. The van der Waals surface area contributed by atoms with E-state index in [9.17, 15) is 4.79 Å². The van der Waals surface area contributed by atoms with Crippen molar-refractivity contribution in [3.8, 4) is 11.5 Å². The number of rotatable bonds is 8. The molecule has 0 saturated carbocycles. The molecule has 0 aromatic heterocycles. The van der Waals surface area contributed by atoms with E-state index in [0.29, 0.717) is 45.4 Å². The van der Waals surface area contributed by atoms with E-state index in [4.69, 9.17) is 33.3 Å². The molecule has 7 heteroatoms. The minimum Gasteiger partial charge on any atom is -0.490 e. The normalized spacial score (nSPS) is 14.8. The lowest BCUT2D eigenvalue weighted by Gasteiger charge is -2.17. The summed E-state index contributed by atoms with van der Waals surface area (Å²) in [6.07, 6.45) is 4.21. The number of ether oxygens (including phenoxy) is 2. The first-order valence-corrected chi connectivity index (χ1v) is 10.6. The Morgan fingerprint density at radius 1 is 1.24 bits per heavy atom. The molecule has 1 fully saturated rings. The number of amides is 1. The molecular weight excluding hydrogens is 426 g/mol. The highest BCUT2D eigenvalue weighted by Crippen LogP contribution is 2.36. The van der Waals surface area contributed by atoms with Crippen LogP contribution in [0, 0.1) is 0 Å². The number of hydrogen-bond donors (Lipinski definition) is 1. The minimum atomic E-state index is -0.189. The number of carbonyl (C=O) groups excluding carboxylic acids is 1. The SMILES string of the molecule is C=CCc1cc(/C=C2/SC(=S)NC2=O)cc(OCC)c1OCc1ccc(Cl)cc1. The zero-order valence-electron chi connectivity index (χ0n) is 15.9. The van der Waals surface area contributed by atoms with Crippen LogP contribution in [0.25, 0.3) is 6.08 Å². The Balaban J connectivity index is 1.94. The number of benzene rings is 2. The number of thiocarbonyl (C=S) groups is 1. The third kappa shape index (κ3) is 5.63. The van der Waals surface area contributed by atoms with E-state index < -0.39 is 0 Å². The van der Waals surface area contributed by atoms with E-state index in [1.807, 2.05) is 49.4 Å². The van der Waals surface area contributed by atoms with Gasteiger partial charge in [0.05, 0.1) is 11.5 Å². The highest BCUT2D eigenvalue weighted by Gasteiger charge is 2.22. The second-order valence-corrected chi connectivity index (χ2v) is 8.36. The Labute approximate surface area is 184 Å². The first-order chi connectivity index (χ1) is 14.0. The van der Waals surface area contributed by atoms with Crippen molar-refractivity contribution in [3.05, 3.63) is 75.7 Å². The van der Waals surface area contributed by atoms with Gasteiger partial charge in [-0.3, -0.25) is 4.79 Å². The van der Waals surface area contributed by atoms with Crippen molar-refractivity contribution in [2.24, 2.45) is 0 Å². The van der Waals surface area contributed by atoms with E-state index in [0.717, 1.165) is 16.7 Å². The molecule has 150 valence electrons. The van der Waals surface area contributed by atoms with Crippen LogP contribution in [0.15, 0.2) is 54.0 Å². The van der Waals surface area contributed by atoms with Crippen LogP contribution >= 0.6 is 35.6 Å². The first kappa shape index (κ1) is 21.4. The predicted molar refractivity (Wildman–Crippen MR) is 124 cm³/mol. The molecule has 2 aromatic carbocycles. The fraction of sp³-hybridized carbons (Fsp3) is 0.182. The molecule has 1 heterocycles. The molecule has 0 spiro atoms. The Kier molecular flexibility index (Phi) is 7.36. The molecule has 4 nitrogen and oxygen atoms in total. The highest BCUT2D eigenvalue weighted by molar-refractivity contribution is 8.26. The molecule has 0 unspecified atom stereocenters. The molecule has 29 heavy (non-hydrogen) atoms. The van der Waals surface area contributed by atoms with E-state index in [1.165, 1.54) is 11.8 Å². The van der Waals surface area contributed by atoms with Crippen LogP contribution in [0.2, 0.25) is 5.02 Å². The van der Waals surface area contributed by atoms with Gasteiger partial charge in [-0.25, -0.2) is 0 Å². The van der Waals surface area contributed by atoms with Crippen LogP contribution in [0.3, 0.4) is 0 Å². The lowest BCUT2D eigenvalue weighted by molar-refractivity contribution is -0.115. The topological polar surface area (TPSA) is 47.6 Å². The van der Waals surface area contributed by atoms with Gasteiger partial charge in [0.2, 0.25) is 0 Å². The second-order valence-electron chi connectivity index (χ2n) is 6.20. The van der Waals surface area contributed by atoms with Crippen LogP contribution < -0.4 is 14.8 Å². The van der Waals surface area contributed by atoms with Gasteiger partial charge in [0.1, 0.15) is 10.9 Å². The molecule has 0 bridgehead atoms. The summed E-state index contributed by atoms with van der Waals surface area (Å²) in [4.78, 5) is 12.5. The molecule has 1 N–H and O–H groups in total. The Bertz CT molecular complexity index is 971. The van der Waals surface area contributed by atoms with E-state index in [-0.39, 0.29) is 5.91 Å². The maximum absolute atomic E-state index is 12.0. The third-order valence-corrected chi connectivity index (χ3v) is 5.47. The van der Waals surface area contributed by atoms with Crippen LogP contribution in [-0.2, 0) is 17.8 Å². The average molecular weight is 446 g/mol. The van der Waals surface area contributed by atoms with Crippen LogP contribution in [0.5, 0.6) is 11.5 Å². The van der Waals surface area contributed by atoms with Crippen molar-refractivity contribution in [1.82, 2.24) is 5.32 Å². The molecule has 3 rings (SSSR count). The molecule has 0 aliphatic carbocycles. The number of allylic oxidation sites excluding steroid dienone is 1. The molecule has 1 aliphatic heterocycles. The summed E-state index contributed by atoms with van der Waals surface area (Å²) >= 11 is 12.3. The van der Waals surface area contributed by atoms with Crippen LogP contribution in [0.4, 0.5) is 0 Å². The van der Waals surface area contributed by atoms with Crippen molar-refractivity contribution < 1.29 is 14.3 Å². The zero-order valence-corrected chi connectivity index (χ0v) is 18.3. The van der Waals surface area contributed by atoms with Gasteiger partial charge in [-0.05, 0) is 54.8 Å². The number of thioether (sulfide) groups is 1. The van der Waals surface area contributed by atoms with Gasteiger partial charge in [-0.1, -0.05) is 53.8 Å². The van der Waals surface area contributed by atoms with Crippen LogP contribution in [-0.4, -0.2) is 16.8 Å². The molecular formula is C22H20ClNO3S2. The molecule has 1 aliphatic rings. The molecule has 0 atom stereocenters. The van der Waals surface area contributed by atoms with Gasteiger partial charge < -0.3 is 14.8 Å². The summed E-state index contributed by atoms with van der Waals surface area (Å²) in [5.74, 6) is 1.10. The summed E-state index contributed by atoms with van der Waals surface area (Å²) in [5.41, 5.74) is 2.77. The van der Waals surface area contributed by atoms with Gasteiger partial charge in [-0.2, -0.15) is 0 Å². The summed E-state index contributed by atoms with van der Waals surface area (Å²) in [7, 11) is 0. The smallest absolute Gasteiger partial charge is 0.263 e. The van der Waals surface area contributed by atoms with Gasteiger partial charge in [-0.15, -0.1) is 6.58 Å². The molecule has 1 saturated heterocycles. The van der Waals surface area contributed by atoms with Crippen LogP contribution in [0.1, 0.15) is 23.6 Å². The van der Waals surface area contributed by atoms with Crippen molar-refractivity contribution in [1.29, 1.82) is 0 Å². The summed E-state index contributed by atoms with van der Waals surface area (Å²) < 4.78 is 12.4. The monoisotopic (exact) mass is 445 g/mol. The van der Waals surface area contributed by atoms with Crippen molar-refractivity contribution >= 4 is 51.9 Å². The Morgan fingerprint density at radius 2 is 2.00 bits per heavy atom. The molecule has 1 amide bonds. The minimum absolute atomic E-state index is 0.189. The van der Waals surface area contributed by atoms with Gasteiger partial charge in [0.25, 0.3) is 5.91 Å². The maximum atomic E-state index is 12.0. The lowest BCUT2D eigenvalue weighted by Crippen LogP contribution is -2.17. The lowest BCUT2D eigenvalue weighted by atomic mass is 10.0. The highest BCUT2D eigenvalue weighted by atomic mass is 35.5. The van der Waals surface area contributed by atoms with Gasteiger partial charge in [0, 0.05) is 10.6 Å². The van der Waals surface area contributed by atoms with Gasteiger partial charge >= 0.3 is 0 Å². The van der Waals surface area contributed by atoms with Crippen molar-refractivity contribution in [2.45, 2.75) is 20.0 Å². The molecule has 2 aromatic rings. The number of nitrogens with one attached hydrogen (secondary N) is 1. The fourth-order valence-corrected chi connectivity index (χ4v) is 3.98. The zero-order chi connectivity index (χ0) is 20.8. The largest absolute Gasteiger partial charge is 0.490 e. The Hall–Kier alpha value is -2.28. The quantitative estimate of drug-likeness (QED) is 0.328. The molecule has 0 radical (unpaired) electrons. The summed E-state index contributed by atoms with van der Waals surface area (Å²) in [6, 6.07) is 11.4. The third-order valence-electron chi connectivity index (χ3n) is 4.05. The fourth-order valence-electron chi connectivity index (χ4n) is 2.81. The maximum Gasteiger partial charge on any atom is 0.263 e. The van der Waals surface area contributed by atoms with Crippen molar-refractivity contribution in [3.63, 3.8) is 0 Å². The second kappa shape index (κ2) is 9.96. The van der Waals surface area contributed by atoms with E-state index >= 15 is 0 Å². The average Bonchev–Trinajstić information content (AvgIpc) is 3.00. The summed E-state index contributed by atoms with van der Waals surface area (Å²) in [6.45, 7) is 6.63. The van der Waals surface area contributed by atoms with Crippen molar-refractivity contribution in [2.75, 3.05) is 6.61 Å².